The Kier molecular flexibility index (Phi) is 8.01. The molecule has 0 unspecified atom stereocenters. The Morgan fingerprint density at radius 1 is 0.302 bits per heavy atom. The average Bonchev–Trinajstić information content (AvgIpc) is 4.05. The van der Waals surface area contributed by atoms with Gasteiger partial charge < -0.3 is 8.83 Å². The summed E-state index contributed by atoms with van der Waals surface area (Å²) >= 11 is 1.84. The van der Waals surface area contributed by atoms with Crippen LogP contribution in [0.15, 0.2) is 209 Å². The van der Waals surface area contributed by atoms with Crippen LogP contribution in [0, 0.1) is 0 Å². The Morgan fingerprint density at radius 2 is 0.905 bits per heavy atom. The van der Waals surface area contributed by atoms with E-state index in [1.165, 1.54) is 36.9 Å². The van der Waals surface area contributed by atoms with E-state index < -0.39 is 0 Å². The summed E-state index contributed by atoms with van der Waals surface area (Å²) in [4.78, 5) is 15.4. The number of nitrogens with zero attached hydrogens (tertiary/aromatic N) is 3. The van der Waals surface area contributed by atoms with E-state index in [2.05, 4.69) is 140 Å². The fourth-order valence-electron chi connectivity index (χ4n) is 9.17. The SMILES string of the molecule is c1ccc(-c2ccc3c(c2)sc2cccc(-c4ccc5oc6cccc(-c7nc(-c8ccccc8)nc(-c8ccc(-c9cccc%10c9oc9ccccc9%10)cc8)n7)c6c5c4)c23)cc1. The summed E-state index contributed by atoms with van der Waals surface area (Å²) in [6, 6.07) is 69.7. The lowest BCUT2D eigenvalue weighted by Gasteiger charge is -2.10. The van der Waals surface area contributed by atoms with Gasteiger partial charge in [0.2, 0.25) is 0 Å². The van der Waals surface area contributed by atoms with E-state index in [1.807, 2.05) is 72.0 Å². The van der Waals surface area contributed by atoms with E-state index >= 15 is 0 Å². The van der Waals surface area contributed by atoms with Crippen molar-refractivity contribution in [2.45, 2.75) is 0 Å². The lowest BCUT2D eigenvalue weighted by atomic mass is 9.96. The van der Waals surface area contributed by atoms with Crippen molar-refractivity contribution in [3.63, 3.8) is 0 Å². The molecule has 13 aromatic rings. The van der Waals surface area contributed by atoms with Gasteiger partial charge in [-0.25, -0.2) is 15.0 Å². The van der Waals surface area contributed by atoms with E-state index in [4.69, 9.17) is 23.8 Å². The topological polar surface area (TPSA) is 65.0 Å². The number of hydrogen-bond donors (Lipinski definition) is 0. The number of benzene rings is 9. The predicted molar refractivity (Wildman–Crippen MR) is 260 cm³/mol. The maximum absolute atomic E-state index is 6.56. The van der Waals surface area contributed by atoms with Gasteiger partial charge in [0.05, 0.1) is 0 Å². The highest BCUT2D eigenvalue weighted by molar-refractivity contribution is 7.26. The van der Waals surface area contributed by atoms with Crippen LogP contribution in [0.1, 0.15) is 0 Å². The quantitative estimate of drug-likeness (QED) is 0.167. The Balaban J connectivity index is 0.943. The molecule has 5 nitrogen and oxygen atoms in total. The Morgan fingerprint density at radius 3 is 1.75 bits per heavy atom. The molecule has 0 aliphatic heterocycles. The van der Waals surface area contributed by atoms with Crippen molar-refractivity contribution >= 4 is 75.4 Å². The van der Waals surface area contributed by atoms with Crippen molar-refractivity contribution in [1.29, 1.82) is 0 Å². The van der Waals surface area contributed by atoms with Crippen LogP contribution >= 0.6 is 11.3 Å². The molecular weight excluding hydrogens is 791 g/mol. The highest BCUT2D eigenvalue weighted by Crippen LogP contribution is 2.44. The summed E-state index contributed by atoms with van der Waals surface area (Å²) in [5.74, 6) is 1.77. The minimum atomic E-state index is 0.578. The molecule has 6 heteroatoms. The van der Waals surface area contributed by atoms with Crippen LogP contribution in [0.4, 0.5) is 0 Å². The predicted octanol–water partition coefficient (Wildman–Crippen LogP) is 16.0. The molecule has 0 bridgehead atoms. The second-order valence-electron chi connectivity index (χ2n) is 15.9. The van der Waals surface area contributed by atoms with Gasteiger partial charge >= 0.3 is 0 Å². The molecule has 13 rings (SSSR count). The smallest absolute Gasteiger partial charge is 0.164 e. The second-order valence-corrected chi connectivity index (χ2v) is 17.0. The van der Waals surface area contributed by atoms with Gasteiger partial charge in [0.1, 0.15) is 22.3 Å². The number of aromatic nitrogens is 3. The number of rotatable bonds is 6. The lowest BCUT2D eigenvalue weighted by Crippen LogP contribution is -2.00. The van der Waals surface area contributed by atoms with Crippen LogP contribution < -0.4 is 0 Å². The maximum Gasteiger partial charge on any atom is 0.164 e. The standard InChI is InChI=1S/C57H33N3O2S/c1-3-12-34(13-4-1)38-28-30-44-51(33-38)63-50-23-11-17-40(53(44)50)39-29-31-48-46(32-39)52-45(20-10-22-49(52)61-48)57-59-55(36-14-5-2-6-15-36)58-56(60-57)37-26-24-35(25-27-37)41-18-9-19-43-42-16-7-8-21-47(42)62-54(41)43/h1-33H. The van der Waals surface area contributed by atoms with E-state index in [0.29, 0.717) is 17.5 Å². The molecule has 0 saturated carbocycles. The molecule has 0 radical (unpaired) electrons. The molecule has 0 aliphatic rings. The Labute approximate surface area is 365 Å². The van der Waals surface area contributed by atoms with Crippen LogP contribution in [0.2, 0.25) is 0 Å². The second kappa shape index (κ2) is 14.2. The summed E-state index contributed by atoms with van der Waals surface area (Å²) in [5, 5.41) is 6.71. The van der Waals surface area contributed by atoms with Gasteiger partial charge in [0.25, 0.3) is 0 Å². The van der Waals surface area contributed by atoms with Gasteiger partial charge in [-0.3, -0.25) is 0 Å². The number of para-hydroxylation sites is 2. The molecule has 294 valence electrons. The Bertz CT molecular complexity index is 3900. The maximum atomic E-state index is 6.56. The van der Waals surface area contributed by atoms with Gasteiger partial charge in [0.15, 0.2) is 17.5 Å². The molecule has 4 aromatic heterocycles. The number of fused-ring (bicyclic) bond motifs is 9. The van der Waals surface area contributed by atoms with Crippen LogP contribution in [0.25, 0.3) is 132 Å². The van der Waals surface area contributed by atoms with Crippen molar-refractivity contribution in [3.8, 4) is 67.5 Å². The third-order valence-corrected chi connectivity index (χ3v) is 13.3. The molecule has 9 aromatic carbocycles. The summed E-state index contributed by atoms with van der Waals surface area (Å²) in [5.41, 5.74) is 12.9. The van der Waals surface area contributed by atoms with E-state index in [-0.39, 0.29) is 0 Å². The number of thiophene rings is 1. The zero-order valence-electron chi connectivity index (χ0n) is 33.6. The zero-order chi connectivity index (χ0) is 41.4. The molecule has 0 amide bonds. The molecule has 4 heterocycles. The first kappa shape index (κ1) is 35.6. The molecular formula is C57H33N3O2S. The van der Waals surface area contributed by atoms with Crippen molar-refractivity contribution < 1.29 is 8.83 Å². The van der Waals surface area contributed by atoms with E-state index in [1.54, 1.807) is 0 Å². The van der Waals surface area contributed by atoms with Crippen molar-refractivity contribution in [3.05, 3.63) is 200 Å². The normalized spacial score (nSPS) is 11.8. The first-order valence-electron chi connectivity index (χ1n) is 21.0. The minimum absolute atomic E-state index is 0.578. The number of furan rings is 2. The van der Waals surface area contributed by atoms with Crippen LogP contribution in [0.3, 0.4) is 0 Å². The van der Waals surface area contributed by atoms with Gasteiger partial charge in [0, 0.05) is 64.0 Å². The third-order valence-electron chi connectivity index (χ3n) is 12.2. The molecule has 0 N–H and O–H groups in total. The average molecular weight is 824 g/mol. The molecule has 0 atom stereocenters. The fourth-order valence-corrected chi connectivity index (χ4v) is 10.3. The molecule has 0 spiro atoms. The number of hydrogen-bond acceptors (Lipinski definition) is 6. The third kappa shape index (κ3) is 5.87. The molecule has 0 aliphatic carbocycles. The van der Waals surface area contributed by atoms with Crippen molar-refractivity contribution in [1.82, 2.24) is 15.0 Å². The van der Waals surface area contributed by atoms with Crippen LogP contribution in [-0.4, -0.2) is 15.0 Å². The van der Waals surface area contributed by atoms with E-state index in [9.17, 15) is 0 Å². The van der Waals surface area contributed by atoms with Crippen LogP contribution in [0.5, 0.6) is 0 Å². The zero-order valence-corrected chi connectivity index (χ0v) is 34.4. The highest BCUT2D eigenvalue weighted by Gasteiger charge is 2.20. The molecule has 0 saturated heterocycles. The van der Waals surface area contributed by atoms with Gasteiger partial charge in [-0.2, -0.15) is 0 Å². The van der Waals surface area contributed by atoms with Crippen LogP contribution in [-0.2, 0) is 0 Å². The lowest BCUT2D eigenvalue weighted by molar-refractivity contribution is 0.669. The van der Waals surface area contributed by atoms with Crippen molar-refractivity contribution in [2.24, 2.45) is 0 Å². The van der Waals surface area contributed by atoms with Gasteiger partial charge in [-0.05, 0) is 64.2 Å². The summed E-state index contributed by atoms with van der Waals surface area (Å²) in [6.07, 6.45) is 0. The summed E-state index contributed by atoms with van der Waals surface area (Å²) in [6.45, 7) is 0. The fraction of sp³-hybridized carbons (Fsp3) is 0. The summed E-state index contributed by atoms with van der Waals surface area (Å²) in [7, 11) is 0. The van der Waals surface area contributed by atoms with Gasteiger partial charge in [-0.1, -0.05) is 164 Å². The first-order chi connectivity index (χ1) is 31.2. The monoisotopic (exact) mass is 823 g/mol. The summed E-state index contributed by atoms with van der Waals surface area (Å²) < 4.78 is 15.5. The van der Waals surface area contributed by atoms with Gasteiger partial charge in [-0.15, -0.1) is 11.3 Å². The van der Waals surface area contributed by atoms with Crippen molar-refractivity contribution in [2.75, 3.05) is 0 Å². The molecule has 0 fully saturated rings. The Hall–Kier alpha value is -8.19. The largest absolute Gasteiger partial charge is 0.456 e. The molecule has 63 heavy (non-hydrogen) atoms. The highest BCUT2D eigenvalue weighted by atomic mass is 32.1. The first-order valence-corrected chi connectivity index (χ1v) is 21.8. The van der Waals surface area contributed by atoms with E-state index in [0.717, 1.165) is 77.3 Å². The minimum Gasteiger partial charge on any atom is -0.456 e.